The summed E-state index contributed by atoms with van der Waals surface area (Å²) < 4.78 is 5.28. The fraction of sp³-hybridized carbons (Fsp3) is 0.250. The van der Waals surface area contributed by atoms with E-state index in [2.05, 4.69) is 22.3 Å². The molecular weight excluding hydrogens is 350 g/mol. The van der Waals surface area contributed by atoms with Crippen LogP contribution in [0, 0.1) is 0 Å². The molecule has 1 aromatic heterocycles. The van der Waals surface area contributed by atoms with Gasteiger partial charge in [0.05, 0.1) is 5.02 Å². The quantitative estimate of drug-likeness (QED) is 0.701. The molecule has 0 radical (unpaired) electrons. The smallest absolute Gasteiger partial charge is 0.227 e. The Hall–Kier alpha value is -2.66. The molecule has 0 bridgehead atoms. The van der Waals surface area contributed by atoms with Crippen LogP contribution in [-0.4, -0.2) is 27.5 Å². The van der Waals surface area contributed by atoms with E-state index in [1.807, 2.05) is 35.2 Å². The molecule has 2 aromatic carbocycles. The third kappa shape index (κ3) is 3.48. The van der Waals surface area contributed by atoms with Gasteiger partial charge in [-0.2, -0.15) is 4.98 Å². The summed E-state index contributed by atoms with van der Waals surface area (Å²) in [4.78, 5) is 18.8. The van der Waals surface area contributed by atoms with Crippen LogP contribution in [0.4, 0.5) is 0 Å². The molecule has 0 aliphatic carbocycles. The van der Waals surface area contributed by atoms with Gasteiger partial charge in [-0.25, -0.2) is 0 Å². The summed E-state index contributed by atoms with van der Waals surface area (Å²) in [5.74, 6) is 1.01. The normalized spacial score (nSPS) is 13.5. The number of amides is 1. The molecule has 5 nitrogen and oxygen atoms in total. The third-order valence-corrected chi connectivity index (χ3v) is 4.95. The van der Waals surface area contributed by atoms with Crippen molar-refractivity contribution in [3.8, 4) is 11.4 Å². The van der Waals surface area contributed by atoms with E-state index in [4.69, 9.17) is 16.1 Å². The predicted octanol–water partition coefficient (Wildman–Crippen LogP) is 3.91. The van der Waals surface area contributed by atoms with Gasteiger partial charge in [0.2, 0.25) is 17.6 Å². The molecule has 0 fully saturated rings. The maximum Gasteiger partial charge on any atom is 0.227 e. The highest BCUT2D eigenvalue weighted by Gasteiger charge is 2.21. The van der Waals surface area contributed by atoms with Crippen molar-refractivity contribution in [3.63, 3.8) is 0 Å². The molecule has 26 heavy (non-hydrogen) atoms. The molecule has 0 spiro atoms. The van der Waals surface area contributed by atoms with Gasteiger partial charge in [-0.15, -0.1) is 0 Å². The van der Waals surface area contributed by atoms with Crippen LogP contribution < -0.4 is 0 Å². The topological polar surface area (TPSA) is 59.2 Å². The first-order valence-corrected chi connectivity index (χ1v) is 9.00. The molecule has 132 valence electrons. The highest BCUT2D eigenvalue weighted by Crippen LogP contribution is 2.25. The number of hydrogen-bond acceptors (Lipinski definition) is 4. The van der Waals surface area contributed by atoms with Crippen LogP contribution in [0.3, 0.4) is 0 Å². The Bertz CT molecular complexity index is 938. The van der Waals surface area contributed by atoms with Crippen LogP contribution in [0.2, 0.25) is 5.02 Å². The summed E-state index contributed by atoms with van der Waals surface area (Å²) in [7, 11) is 0. The minimum Gasteiger partial charge on any atom is -0.339 e. The number of carbonyl (C=O) groups excluding carboxylic acids is 1. The lowest BCUT2D eigenvalue weighted by Crippen LogP contribution is -2.36. The minimum atomic E-state index is 0.108. The largest absolute Gasteiger partial charge is 0.339 e. The molecule has 1 amide bonds. The van der Waals surface area contributed by atoms with Crippen molar-refractivity contribution in [1.29, 1.82) is 0 Å². The van der Waals surface area contributed by atoms with E-state index in [1.54, 1.807) is 6.07 Å². The molecule has 0 saturated heterocycles. The van der Waals surface area contributed by atoms with Crippen molar-refractivity contribution in [2.24, 2.45) is 0 Å². The lowest BCUT2D eigenvalue weighted by molar-refractivity contribution is -0.132. The monoisotopic (exact) mass is 367 g/mol. The van der Waals surface area contributed by atoms with Gasteiger partial charge >= 0.3 is 0 Å². The fourth-order valence-corrected chi connectivity index (χ4v) is 3.41. The second kappa shape index (κ2) is 7.30. The minimum absolute atomic E-state index is 0.108. The number of aromatic nitrogens is 2. The number of halogens is 1. The molecule has 0 unspecified atom stereocenters. The number of aryl methyl sites for hydroxylation is 1. The maximum atomic E-state index is 12.5. The predicted molar refractivity (Wildman–Crippen MR) is 98.6 cm³/mol. The molecule has 3 aromatic rings. The maximum absolute atomic E-state index is 12.5. The standard InChI is InChI=1S/C20H18ClN3O2/c21-17-8-4-3-7-16(17)20-22-18(26-23-20)9-10-19(25)24-12-11-14-5-1-2-6-15(14)13-24/h1-8H,9-13H2. The number of rotatable bonds is 4. The van der Waals surface area contributed by atoms with Crippen molar-refractivity contribution in [3.05, 3.63) is 70.6 Å². The summed E-state index contributed by atoms with van der Waals surface area (Å²) >= 11 is 6.16. The number of nitrogens with zero attached hydrogens (tertiary/aromatic N) is 3. The highest BCUT2D eigenvalue weighted by atomic mass is 35.5. The molecule has 4 rings (SSSR count). The van der Waals surface area contributed by atoms with E-state index in [0.29, 0.717) is 36.1 Å². The van der Waals surface area contributed by atoms with E-state index >= 15 is 0 Å². The Morgan fingerprint density at radius 2 is 1.88 bits per heavy atom. The average Bonchev–Trinajstić information content (AvgIpc) is 3.15. The van der Waals surface area contributed by atoms with Gasteiger partial charge in [-0.3, -0.25) is 4.79 Å². The zero-order valence-corrected chi connectivity index (χ0v) is 14.9. The van der Waals surface area contributed by atoms with E-state index in [1.165, 1.54) is 11.1 Å². The first-order valence-electron chi connectivity index (χ1n) is 8.63. The third-order valence-electron chi connectivity index (χ3n) is 4.62. The molecule has 2 heterocycles. The van der Waals surface area contributed by atoms with Gasteiger partial charge in [0.15, 0.2) is 0 Å². The van der Waals surface area contributed by atoms with Crippen molar-refractivity contribution in [2.75, 3.05) is 6.54 Å². The van der Waals surface area contributed by atoms with E-state index in [9.17, 15) is 4.79 Å². The van der Waals surface area contributed by atoms with Crippen molar-refractivity contribution in [2.45, 2.75) is 25.8 Å². The first-order chi connectivity index (χ1) is 12.7. The lowest BCUT2D eigenvalue weighted by Gasteiger charge is -2.28. The van der Waals surface area contributed by atoms with Crippen LogP contribution >= 0.6 is 11.6 Å². The highest BCUT2D eigenvalue weighted by molar-refractivity contribution is 6.33. The Kier molecular flexibility index (Phi) is 4.71. The van der Waals surface area contributed by atoms with Gasteiger partial charge in [-0.1, -0.05) is 53.2 Å². The van der Waals surface area contributed by atoms with Gasteiger partial charge in [0.1, 0.15) is 0 Å². The zero-order chi connectivity index (χ0) is 17.9. The van der Waals surface area contributed by atoms with Crippen molar-refractivity contribution >= 4 is 17.5 Å². The Balaban J connectivity index is 1.38. The number of benzene rings is 2. The second-order valence-corrected chi connectivity index (χ2v) is 6.73. The number of carbonyl (C=O) groups is 1. The molecule has 0 saturated carbocycles. The van der Waals surface area contributed by atoms with E-state index < -0.39 is 0 Å². The van der Waals surface area contributed by atoms with Crippen LogP contribution in [0.1, 0.15) is 23.4 Å². The van der Waals surface area contributed by atoms with E-state index in [0.717, 1.165) is 18.5 Å². The lowest BCUT2D eigenvalue weighted by atomic mass is 9.99. The molecule has 1 aliphatic rings. The summed E-state index contributed by atoms with van der Waals surface area (Å²) in [5.41, 5.74) is 3.28. The molecule has 6 heteroatoms. The fourth-order valence-electron chi connectivity index (χ4n) is 3.19. The van der Waals surface area contributed by atoms with Crippen molar-refractivity contribution < 1.29 is 9.32 Å². The molecule has 0 N–H and O–H groups in total. The number of hydrogen-bond donors (Lipinski definition) is 0. The zero-order valence-electron chi connectivity index (χ0n) is 14.2. The van der Waals surface area contributed by atoms with Gasteiger partial charge in [0.25, 0.3) is 0 Å². The van der Waals surface area contributed by atoms with Crippen LogP contribution in [-0.2, 0) is 24.2 Å². The molecule has 1 aliphatic heterocycles. The SMILES string of the molecule is O=C(CCc1nc(-c2ccccc2Cl)no1)N1CCc2ccccc2C1. The van der Waals surface area contributed by atoms with Crippen LogP contribution in [0.25, 0.3) is 11.4 Å². The summed E-state index contributed by atoms with van der Waals surface area (Å²) in [6.07, 6.45) is 1.68. The van der Waals surface area contributed by atoms with E-state index in [-0.39, 0.29) is 5.91 Å². The Morgan fingerprint density at radius 1 is 1.12 bits per heavy atom. The second-order valence-electron chi connectivity index (χ2n) is 6.33. The Morgan fingerprint density at radius 3 is 2.73 bits per heavy atom. The summed E-state index contributed by atoms with van der Waals surface area (Å²) in [6, 6.07) is 15.6. The number of fused-ring (bicyclic) bond motifs is 1. The van der Waals surface area contributed by atoms with Gasteiger partial charge in [0, 0.05) is 31.5 Å². The van der Waals surface area contributed by atoms with Gasteiger partial charge in [-0.05, 0) is 29.7 Å². The summed E-state index contributed by atoms with van der Waals surface area (Å²) in [5, 5.41) is 4.54. The van der Waals surface area contributed by atoms with Crippen molar-refractivity contribution in [1.82, 2.24) is 15.0 Å². The summed E-state index contributed by atoms with van der Waals surface area (Å²) in [6.45, 7) is 1.42. The Labute approximate surface area is 156 Å². The van der Waals surface area contributed by atoms with Gasteiger partial charge < -0.3 is 9.42 Å². The first kappa shape index (κ1) is 16.8. The molecular formula is C20H18ClN3O2. The average molecular weight is 368 g/mol. The molecule has 0 atom stereocenters. The van der Waals surface area contributed by atoms with Crippen LogP contribution in [0.15, 0.2) is 53.1 Å². The van der Waals surface area contributed by atoms with Crippen LogP contribution in [0.5, 0.6) is 0 Å².